The van der Waals surface area contributed by atoms with Crippen molar-refractivity contribution in [3.05, 3.63) is 11.6 Å². The van der Waals surface area contributed by atoms with E-state index in [9.17, 15) is 0 Å². The standard InChI is InChI=1S/C16H30N2S/c1-3-10-17-16(14-8-6-4-5-7-9-14)15-13-19-12-11-18(15)2/h8,15-17H,3-7,9-13H2,1-2H3. The molecule has 2 nitrogen and oxygen atoms in total. The molecule has 0 amide bonds. The van der Waals surface area contributed by atoms with Gasteiger partial charge in [-0.1, -0.05) is 25.0 Å². The molecule has 0 radical (unpaired) electrons. The Balaban J connectivity index is 2.06. The summed E-state index contributed by atoms with van der Waals surface area (Å²) >= 11 is 2.13. The van der Waals surface area contributed by atoms with Crippen molar-refractivity contribution in [1.82, 2.24) is 10.2 Å². The van der Waals surface area contributed by atoms with Crippen LogP contribution in [0.3, 0.4) is 0 Å². The van der Waals surface area contributed by atoms with Crippen molar-refractivity contribution in [2.24, 2.45) is 0 Å². The van der Waals surface area contributed by atoms with Crippen LogP contribution >= 0.6 is 11.8 Å². The lowest BCUT2D eigenvalue weighted by atomic mass is 9.95. The molecule has 1 heterocycles. The highest BCUT2D eigenvalue weighted by atomic mass is 32.2. The van der Waals surface area contributed by atoms with Gasteiger partial charge in [0.1, 0.15) is 0 Å². The van der Waals surface area contributed by atoms with Crippen LogP contribution in [-0.4, -0.2) is 48.6 Å². The maximum Gasteiger partial charge on any atom is 0.0445 e. The van der Waals surface area contributed by atoms with Crippen LogP contribution in [0.2, 0.25) is 0 Å². The molecule has 2 atom stereocenters. The molecule has 1 saturated heterocycles. The molecule has 19 heavy (non-hydrogen) atoms. The van der Waals surface area contributed by atoms with Crippen LogP contribution in [0.25, 0.3) is 0 Å². The Morgan fingerprint density at radius 1 is 1.42 bits per heavy atom. The maximum atomic E-state index is 3.84. The highest BCUT2D eigenvalue weighted by Gasteiger charge is 2.30. The van der Waals surface area contributed by atoms with Gasteiger partial charge in [-0.25, -0.2) is 0 Å². The van der Waals surface area contributed by atoms with Crippen molar-refractivity contribution >= 4 is 11.8 Å². The number of allylic oxidation sites excluding steroid dienone is 1. The van der Waals surface area contributed by atoms with Crippen molar-refractivity contribution in [3.63, 3.8) is 0 Å². The molecule has 1 N–H and O–H groups in total. The van der Waals surface area contributed by atoms with Gasteiger partial charge in [0.15, 0.2) is 0 Å². The van der Waals surface area contributed by atoms with Gasteiger partial charge in [-0.05, 0) is 45.7 Å². The molecular formula is C16H30N2S. The second-order valence-electron chi connectivity index (χ2n) is 5.93. The van der Waals surface area contributed by atoms with Crippen LogP contribution in [0.15, 0.2) is 11.6 Å². The largest absolute Gasteiger partial charge is 0.309 e. The summed E-state index contributed by atoms with van der Waals surface area (Å²) in [6.07, 6.45) is 10.6. The molecule has 0 aromatic carbocycles. The van der Waals surface area contributed by atoms with Crippen LogP contribution in [0.4, 0.5) is 0 Å². The molecule has 1 aliphatic carbocycles. The zero-order chi connectivity index (χ0) is 13.5. The van der Waals surface area contributed by atoms with E-state index >= 15 is 0 Å². The molecule has 2 aliphatic rings. The first-order chi connectivity index (χ1) is 9.33. The minimum atomic E-state index is 0.593. The van der Waals surface area contributed by atoms with Gasteiger partial charge < -0.3 is 5.32 Å². The average molecular weight is 282 g/mol. The van der Waals surface area contributed by atoms with Gasteiger partial charge in [0, 0.05) is 30.1 Å². The molecule has 3 heteroatoms. The number of thioether (sulfide) groups is 1. The van der Waals surface area contributed by atoms with Crippen molar-refractivity contribution in [3.8, 4) is 0 Å². The SMILES string of the molecule is CCCNC(C1=CCCCCC1)C1CSCCN1C. The van der Waals surface area contributed by atoms with Gasteiger partial charge in [0.2, 0.25) is 0 Å². The fourth-order valence-corrected chi connectivity index (χ4v) is 4.46. The number of hydrogen-bond acceptors (Lipinski definition) is 3. The van der Waals surface area contributed by atoms with Crippen LogP contribution in [-0.2, 0) is 0 Å². The summed E-state index contributed by atoms with van der Waals surface area (Å²) in [6.45, 7) is 4.66. The van der Waals surface area contributed by atoms with E-state index in [2.05, 4.69) is 42.0 Å². The summed E-state index contributed by atoms with van der Waals surface area (Å²) in [5, 5.41) is 3.84. The van der Waals surface area contributed by atoms with Crippen LogP contribution < -0.4 is 5.32 Å². The predicted molar refractivity (Wildman–Crippen MR) is 87.0 cm³/mol. The number of hydrogen-bond donors (Lipinski definition) is 1. The summed E-state index contributed by atoms with van der Waals surface area (Å²) in [4.78, 5) is 2.58. The smallest absolute Gasteiger partial charge is 0.0445 e. The fourth-order valence-electron chi connectivity index (χ4n) is 3.19. The monoisotopic (exact) mass is 282 g/mol. The molecule has 0 saturated carbocycles. The van der Waals surface area contributed by atoms with Gasteiger partial charge in [0.25, 0.3) is 0 Å². The third-order valence-corrected chi connectivity index (χ3v) is 5.47. The number of likely N-dealkylation sites (N-methyl/N-ethyl adjacent to an activating group) is 1. The van der Waals surface area contributed by atoms with Crippen LogP contribution in [0.5, 0.6) is 0 Å². The fraction of sp³-hybridized carbons (Fsp3) is 0.875. The topological polar surface area (TPSA) is 15.3 Å². The van der Waals surface area contributed by atoms with Crippen molar-refractivity contribution in [1.29, 1.82) is 0 Å². The van der Waals surface area contributed by atoms with Crippen LogP contribution in [0.1, 0.15) is 45.4 Å². The zero-order valence-corrected chi connectivity index (χ0v) is 13.5. The Morgan fingerprint density at radius 3 is 3.11 bits per heavy atom. The minimum absolute atomic E-state index is 0.593. The Morgan fingerprint density at radius 2 is 2.32 bits per heavy atom. The van der Waals surface area contributed by atoms with Gasteiger partial charge in [-0.2, -0.15) is 11.8 Å². The second kappa shape index (κ2) is 8.33. The molecule has 0 bridgehead atoms. The summed E-state index contributed by atoms with van der Waals surface area (Å²) in [6, 6.07) is 1.28. The summed E-state index contributed by atoms with van der Waals surface area (Å²) < 4.78 is 0. The Kier molecular flexibility index (Phi) is 6.75. The Bertz CT molecular complexity index is 290. The van der Waals surface area contributed by atoms with E-state index in [1.165, 1.54) is 56.6 Å². The van der Waals surface area contributed by atoms with Crippen molar-refractivity contribution in [2.75, 3.05) is 31.6 Å². The van der Waals surface area contributed by atoms with E-state index in [4.69, 9.17) is 0 Å². The van der Waals surface area contributed by atoms with Crippen molar-refractivity contribution < 1.29 is 0 Å². The number of nitrogens with zero attached hydrogens (tertiary/aromatic N) is 1. The lowest BCUT2D eigenvalue weighted by Crippen LogP contribution is -2.53. The highest BCUT2D eigenvalue weighted by molar-refractivity contribution is 7.99. The first-order valence-electron chi connectivity index (χ1n) is 8.03. The molecule has 0 aromatic rings. The number of rotatable bonds is 5. The third-order valence-electron chi connectivity index (χ3n) is 4.42. The first-order valence-corrected chi connectivity index (χ1v) is 9.18. The third kappa shape index (κ3) is 4.51. The molecule has 0 aromatic heterocycles. The van der Waals surface area contributed by atoms with Gasteiger partial charge in [-0.15, -0.1) is 0 Å². The average Bonchev–Trinajstić information content (AvgIpc) is 2.70. The summed E-state index contributed by atoms with van der Waals surface area (Å²) in [7, 11) is 2.31. The van der Waals surface area contributed by atoms with E-state index < -0.39 is 0 Å². The minimum Gasteiger partial charge on any atom is -0.309 e. The van der Waals surface area contributed by atoms with Gasteiger partial charge in [0.05, 0.1) is 0 Å². The maximum absolute atomic E-state index is 3.84. The van der Waals surface area contributed by atoms with E-state index in [1.54, 1.807) is 5.57 Å². The molecule has 110 valence electrons. The van der Waals surface area contributed by atoms with Crippen LogP contribution in [0, 0.1) is 0 Å². The zero-order valence-electron chi connectivity index (χ0n) is 12.7. The summed E-state index contributed by atoms with van der Waals surface area (Å²) in [5.41, 5.74) is 1.70. The van der Waals surface area contributed by atoms with E-state index in [0.717, 1.165) is 6.54 Å². The van der Waals surface area contributed by atoms with Gasteiger partial charge >= 0.3 is 0 Å². The van der Waals surface area contributed by atoms with E-state index in [-0.39, 0.29) is 0 Å². The molecule has 0 spiro atoms. The lowest BCUT2D eigenvalue weighted by molar-refractivity contribution is 0.228. The molecule has 1 aliphatic heterocycles. The Hall–Kier alpha value is 0.01000. The summed E-state index contributed by atoms with van der Waals surface area (Å²) in [5.74, 6) is 2.59. The predicted octanol–water partition coefficient (Wildman–Crippen LogP) is 3.29. The van der Waals surface area contributed by atoms with Gasteiger partial charge in [-0.3, -0.25) is 4.90 Å². The van der Waals surface area contributed by atoms with Crippen molar-refractivity contribution in [2.45, 2.75) is 57.5 Å². The number of nitrogens with one attached hydrogen (secondary N) is 1. The molecule has 1 fully saturated rings. The second-order valence-corrected chi connectivity index (χ2v) is 7.08. The quantitative estimate of drug-likeness (QED) is 0.779. The Labute approximate surface area is 123 Å². The molecule has 2 unspecified atom stereocenters. The normalized spacial score (nSPS) is 27.7. The molecule has 2 rings (SSSR count). The first kappa shape index (κ1) is 15.4. The van der Waals surface area contributed by atoms with E-state index in [0.29, 0.717) is 12.1 Å². The molecular weight excluding hydrogens is 252 g/mol. The van der Waals surface area contributed by atoms with E-state index in [1.807, 2.05) is 0 Å². The lowest BCUT2D eigenvalue weighted by Gasteiger charge is -2.39. The highest BCUT2D eigenvalue weighted by Crippen LogP contribution is 2.26.